The molecule has 2 rings (SSSR count). The van der Waals surface area contributed by atoms with Crippen molar-refractivity contribution in [1.82, 2.24) is 0 Å². The summed E-state index contributed by atoms with van der Waals surface area (Å²) < 4.78 is 0. The molecule has 1 atom stereocenters. The lowest BCUT2D eigenvalue weighted by Crippen LogP contribution is -2.08. The van der Waals surface area contributed by atoms with Crippen molar-refractivity contribution in [1.29, 1.82) is 5.26 Å². The van der Waals surface area contributed by atoms with Crippen LogP contribution >= 0.6 is 0 Å². The average molecular weight is 238 g/mol. The molecule has 0 aliphatic carbocycles. The number of aryl methyl sites for hydroxylation is 1. The molecule has 0 heterocycles. The Kier molecular flexibility index (Phi) is 3.49. The standard InChI is InChI=1S/C15H14N2O/c1-11-3-2-4-13(9-11)17-15(10-16)12-5-7-14(18)8-6-12/h2-9,15,17-18H,1H3. The molecule has 0 radical (unpaired) electrons. The molecule has 1 unspecified atom stereocenters. The van der Waals surface area contributed by atoms with Crippen LogP contribution in [0.1, 0.15) is 17.2 Å². The Morgan fingerprint density at radius 2 is 1.89 bits per heavy atom. The van der Waals surface area contributed by atoms with Gasteiger partial charge in [0.25, 0.3) is 0 Å². The smallest absolute Gasteiger partial charge is 0.140 e. The molecule has 3 heteroatoms. The summed E-state index contributed by atoms with van der Waals surface area (Å²) in [5, 5.41) is 21.6. The Labute approximate surface area is 106 Å². The zero-order chi connectivity index (χ0) is 13.0. The van der Waals surface area contributed by atoms with E-state index in [9.17, 15) is 10.4 Å². The second kappa shape index (κ2) is 5.24. The van der Waals surface area contributed by atoms with Gasteiger partial charge in [-0.1, -0.05) is 24.3 Å². The Bertz CT molecular complexity index is 570. The third-order valence-corrected chi connectivity index (χ3v) is 2.68. The Morgan fingerprint density at radius 3 is 2.50 bits per heavy atom. The average Bonchev–Trinajstić information content (AvgIpc) is 2.37. The SMILES string of the molecule is Cc1cccc(NC(C#N)c2ccc(O)cc2)c1. The maximum Gasteiger partial charge on any atom is 0.140 e. The van der Waals surface area contributed by atoms with Crippen LogP contribution < -0.4 is 5.32 Å². The number of nitriles is 1. The second-order valence-corrected chi connectivity index (χ2v) is 4.17. The Morgan fingerprint density at radius 1 is 1.17 bits per heavy atom. The summed E-state index contributed by atoms with van der Waals surface area (Å²) in [4.78, 5) is 0. The third kappa shape index (κ3) is 2.80. The highest BCUT2D eigenvalue weighted by Crippen LogP contribution is 2.21. The molecule has 0 aromatic heterocycles. The molecule has 0 saturated heterocycles. The summed E-state index contributed by atoms with van der Waals surface area (Å²) in [7, 11) is 0. The van der Waals surface area contributed by atoms with Gasteiger partial charge >= 0.3 is 0 Å². The largest absolute Gasteiger partial charge is 0.508 e. The van der Waals surface area contributed by atoms with Crippen LogP contribution in [0.2, 0.25) is 0 Å². The molecule has 2 aromatic carbocycles. The van der Waals surface area contributed by atoms with E-state index in [-0.39, 0.29) is 5.75 Å². The fourth-order valence-electron chi connectivity index (χ4n) is 1.76. The number of anilines is 1. The maximum atomic E-state index is 9.23. The number of phenolic OH excluding ortho intramolecular Hbond substituents is 1. The van der Waals surface area contributed by atoms with Crippen molar-refractivity contribution in [2.75, 3.05) is 5.32 Å². The van der Waals surface area contributed by atoms with Gasteiger partial charge in [-0.15, -0.1) is 0 Å². The van der Waals surface area contributed by atoms with Crippen LogP contribution in [0.25, 0.3) is 0 Å². The first-order valence-electron chi connectivity index (χ1n) is 5.71. The van der Waals surface area contributed by atoms with E-state index < -0.39 is 6.04 Å². The minimum atomic E-state index is -0.424. The normalized spacial score (nSPS) is 11.6. The summed E-state index contributed by atoms with van der Waals surface area (Å²) in [6, 6.07) is 16.3. The van der Waals surface area contributed by atoms with Crippen molar-refractivity contribution in [3.8, 4) is 11.8 Å². The predicted octanol–water partition coefficient (Wildman–Crippen LogP) is 3.38. The van der Waals surface area contributed by atoms with E-state index in [0.29, 0.717) is 0 Å². The van der Waals surface area contributed by atoms with Gasteiger partial charge in [0.05, 0.1) is 6.07 Å². The molecule has 0 bridgehead atoms. The number of aromatic hydroxyl groups is 1. The van der Waals surface area contributed by atoms with E-state index in [0.717, 1.165) is 16.8 Å². The molecular formula is C15H14N2O. The third-order valence-electron chi connectivity index (χ3n) is 2.68. The molecule has 0 fully saturated rings. The Hall–Kier alpha value is -2.47. The van der Waals surface area contributed by atoms with Gasteiger partial charge in [0.15, 0.2) is 0 Å². The molecule has 2 N–H and O–H groups in total. The lowest BCUT2D eigenvalue weighted by Gasteiger charge is -2.13. The molecule has 90 valence electrons. The van der Waals surface area contributed by atoms with Crippen LogP contribution in [0.4, 0.5) is 5.69 Å². The predicted molar refractivity (Wildman–Crippen MR) is 71.3 cm³/mol. The van der Waals surface area contributed by atoms with Gasteiger partial charge < -0.3 is 10.4 Å². The van der Waals surface area contributed by atoms with Gasteiger partial charge in [-0.3, -0.25) is 0 Å². The number of rotatable bonds is 3. The maximum absolute atomic E-state index is 9.23. The molecule has 0 aliphatic heterocycles. The molecule has 3 nitrogen and oxygen atoms in total. The lowest BCUT2D eigenvalue weighted by atomic mass is 10.1. The summed E-state index contributed by atoms with van der Waals surface area (Å²) in [5.41, 5.74) is 2.88. The molecule has 0 aliphatic rings. The van der Waals surface area contributed by atoms with Crippen molar-refractivity contribution in [2.24, 2.45) is 0 Å². The highest BCUT2D eigenvalue weighted by molar-refractivity contribution is 5.49. The first-order chi connectivity index (χ1) is 8.69. The first kappa shape index (κ1) is 12.0. The van der Waals surface area contributed by atoms with Crippen molar-refractivity contribution in [2.45, 2.75) is 13.0 Å². The molecule has 18 heavy (non-hydrogen) atoms. The van der Waals surface area contributed by atoms with E-state index in [4.69, 9.17) is 0 Å². The van der Waals surface area contributed by atoms with E-state index in [1.54, 1.807) is 24.3 Å². The summed E-state index contributed by atoms with van der Waals surface area (Å²) >= 11 is 0. The van der Waals surface area contributed by atoms with Crippen LogP contribution in [0.3, 0.4) is 0 Å². The highest BCUT2D eigenvalue weighted by atomic mass is 16.3. The molecule has 0 amide bonds. The van der Waals surface area contributed by atoms with Gasteiger partial charge in [-0.25, -0.2) is 0 Å². The zero-order valence-corrected chi connectivity index (χ0v) is 10.1. The fourth-order valence-corrected chi connectivity index (χ4v) is 1.76. The molecule has 2 aromatic rings. The zero-order valence-electron chi connectivity index (χ0n) is 10.1. The number of hydrogen-bond donors (Lipinski definition) is 2. The van der Waals surface area contributed by atoms with Crippen LogP contribution in [0, 0.1) is 18.3 Å². The van der Waals surface area contributed by atoms with Gasteiger partial charge in [0.2, 0.25) is 0 Å². The van der Waals surface area contributed by atoms with Crippen molar-refractivity contribution < 1.29 is 5.11 Å². The van der Waals surface area contributed by atoms with Gasteiger partial charge in [-0.05, 0) is 42.3 Å². The number of hydrogen-bond acceptors (Lipinski definition) is 3. The van der Waals surface area contributed by atoms with E-state index in [1.165, 1.54) is 0 Å². The molecular weight excluding hydrogens is 224 g/mol. The Balaban J connectivity index is 2.20. The van der Waals surface area contributed by atoms with Gasteiger partial charge in [0, 0.05) is 5.69 Å². The number of nitrogens with zero attached hydrogens (tertiary/aromatic N) is 1. The quantitative estimate of drug-likeness (QED) is 0.861. The van der Waals surface area contributed by atoms with Crippen LogP contribution in [-0.2, 0) is 0 Å². The van der Waals surface area contributed by atoms with Gasteiger partial charge in [0.1, 0.15) is 11.8 Å². The minimum absolute atomic E-state index is 0.200. The fraction of sp³-hybridized carbons (Fsp3) is 0.133. The van der Waals surface area contributed by atoms with Crippen LogP contribution in [0.5, 0.6) is 5.75 Å². The molecule has 0 saturated carbocycles. The monoisotopic (exact) mass is 238 g/mol. The number of phenols is 1. The lowest BCUT2D eigenvalue weighted by molar-refractivity contribution is 0.475. The van der Waals surface area contributed by atoms with E-state index >= 15 is 0 Å². The van der Waals surface area contributed by atoms with E-state index in [2.05, 4.69) is 11.4 Å². The van der Waals surface area contributed by atoms with Gasteiger partial charge in [-0.2, -0.15) is 5.26 Å². The minimum Gasteiger partial charge on any atom is -0.508 e. The second-order valence-electron chi connectivity index (χ2n) is 4.17. The van der Waals surface area contributed by atoms with Crippen molar-refractivity contribution >= 4 is 5.69 Å². The van der Waals surface area contributed by atoms with Crippen LogP contribution in [0.15, 0.2) is 48.5 Å². The highest BCUT2D eigenvalue weighted by Gasteiger charge is 2.09. The van der Waals surface area contributed by atoms with Crippen molar-refractivity contribution in [3.05, 3.63) is 59.7 Å². The van der Waals surface area contributed by atoms with Crippen LogP contribution in [-0.4, -0.2) is 5.11 Å². The summed E-state index contributed by atoms with van der Waals surface area (Å²) in [6.45, 7) is 2.01. The van der Waals surface area contributed by atoms with Crippen molar-refractivity contribution in [3.63, 3.8) is 0 Å². The molecule has 0 spiro atoms. The summed E-state index contributed by atoms with van der Waals surface area (Å²) in [6.07, 6.45) is 0. The number of nitrogens with one attached hydrogen (secondary N) is 1. The topological polar surface area (TPSA) is 56.0 Å². The van der Waals surface area contributed by atoms with E-state index in [1.807, 2.05) is 31.2 Å². The number of benzene rings is 2. The summed E-state index contributed by atoms with van der Waals surface area (Å²) in [5.74, 6) is 0.200. The first-order valence-corrected chi connectivity index (χ1v) is 5.71.